The SMILES string of the molecule is Cc1ccc(NC(=O)[C@H](Sc2n[nH]c(=O)n2C2CC2)c2ccccc2)cc1. The molecule has 138 valence electrons. The normalized spacial score (nSPS) is 14.7. The number of aryl methyl sites for hydroxylation is 1. The van der Waals surface area contributed by atoms with E-state index < -0.39 is 5.25 Å². The monoisotopic (exact) mass is 380 g/mol. The zero-order valence-corrected chi connectivity index (χ0v) is 15.7. The van der Waals surface area contributed by atoms with Gasteiger partial charge in [0.25, 0.3) is 0 Å². The second-order valence-electron chi connectivity index (χ2n) is 6.68. The van der Waals surface area contributed by atoms with Crippen LogP contribution in [0.2, 0.25) is 0 Å². The van der Waals surface area contributed by atoms with E-state index in [-0.39, 0.29) is 17.6 Å². The molecule has 1 aliphatic carbocycles. The Morgan fingerprint density at radius 3 is 2.56 bits per heavy atom. The Hall–Kier alpha value is -2.80. The molecule has 7 heteroatoms. The Balaban J connectivity index is 1.62. The summed E-state index contributed by atoms with van der Waals surface area (Å²) < 4.78 is 1.67. The number of aromatic amines is 1. The fourth-order valence-electron chi connectivity index (χ4n) is 2.88. The molecule has 0 spiro atoms. The summed E-state index contributed by atoms with van der Waals surface area (Å²) in [5, 5.41) is 9.68. The summed E-state index contributed by atoms with van der Waals surface area (Å²) >= 11 is 1.30. The zero-order chi connectivity index (χ0) is 18.8. The molecule has 0 unspecified atom stereocenters. The van der Waals surface area contributed by atoms with Crippen LogP contribution in [0.5, 0.6) is 0 Å². The number of amides is 1. The molecule has 1 aromatic heterocycles. The predicted octanol–water partition coefficient (Wildman–Crippen LogP) is 3.69. The van der Waals surface area contributed by atoms with Crippen molar-refractivity contribution in [3.8, 4) is 0 Å². The van der Waals surface area contributed by atoms with E-state index in [0.717, 1.165) is 29.7 Å². The summed E-state index contributed by atoms with van der Waals surface area (Å²) in [6.45, 7) is 2.00. The maximum Gasteiger partial charge on any atom is 0.344 e. The van der Waals surface area contributed by atoms with Gasteiger partial charge in [0.15, 0.2) is 5.16 Å². The molecule has 1 heterocycles. The number of benzene rings is 2. The first-order chi connectivity index (χ1) is 13.1. The molecule has 1 atom stereocenters. The molecule has 0 bridgehead atoms. The first-order valence-electron chi connectivity index (χ1n) is 8.88. The van der Waals surface area contributed by atoms with Gasteiger partial charge in [-0.1, -0.05) is 59.8 Å². The summed E-state index contributed by atoms with van der Waals surface area (Å²) in [5.41, 5.74) is 2.52. The second-order valence-corrected chi connectivity index (χ2v) is 7.75. The van der Waals surface area contributed by atoms with Gasteiger partial charge in [-0.05, 0) is 37.5 Å². The molecule has 0 saturated heterocycles. The summed E-state index contributed by atoms with van der Waals surface area (Å²) in [4.78, 5) is 25.1. The van der Waals surface area contributed by atoms with Gasteiger partial charge < -0.3 is 5.32 Å². The Morgan fingerprint density at radius 1 is 1.19 bits per heavy atom. The van der Waals surface area contributed by atoms with E-state index in [0.29, 0.717) is 5.16 Å². The van der Waals surface area contributed by atoms with Gasteiger partial charge in [-0.3, -0.25) is 9.36 Å². The topological polar surface area (TPSA) is 79.8 Å². The predicted molar refractivity (Wildman–Crippen MR) is 106 cm³/mol. The number of aromatic nitrogens is 3. The van der Waals surface area contributed by atoms with Crippen molar-refractivity contribution in [3.63, 3.8) is 0 Å². The molecule has 1 amide bonds. The lowest BCUT2D eigenvalue weighted by atomic mass is 10.1. The molecule has 2 aromatic carbocycles. The Morgan fingerprint density at radius 2 is 1.89 bits per heavy atom. The van der Waals surface area contributed by atoms with E-state index in [9.17, 15) is 9.59 Å². The first-order valence-corrected chi connectivity index (χ1v) is 9.76. The van der Waals surface area contributed by atoms with E-state index in [1.165, 1.54) is 11.8 Å². The molecule has 2 N–H and O–H groups in total. The minimum atomic E-state index is -0.514. The molecule has 6 nitrogen and oxygen atoms in total. The number of hydrogen-bond donors (Lipinski definition) is 2. The molecule has 1 aliphatic rings. The number of rotatable bonds is 6. The van der Waals surface area contributed by atoms with Crippen LogP contribution in [0.25, 0.3) is 0 Å². The fraction of sp³-hybridized carbons (Fsp3) is 0.250. The Bertz CT molecular complexity index is 991. The van der Waals surface area contributed by atoms with Crippen LogP contribution in [0.1, 0.15) is 35.3 Å². The first kappa shape index (κ1) is 17.6. The van der Waals surface area contributed by atoms with Crippen molar-refractivity contribution in [1.29, 1.82) is 0 Å². The number of nitrogens with zero attached hydrogens (tertiary/aromatic N) is 2. The summed E-state index contributed by atoms with van der Waals surface area (Å²) in [5.74, 6) is -0.146. The van der Waals surface area contributed by atoms with Crippen molar-refractivity contribution >= 4 is 23.4 Å². The van der Waals surface area contributed by atoms with Crippen molar-refractivity contribution in [1.82, 2.24) is 14.8 Å². The summed E-state index contributed by atoms with van der Waals surface area (Å²) in [7, 11) is 0. The quantitative estimate of drug-likeness (QED) is 0.639. The van der Waals surface area contributed by atoms with Crippen LogP contribution in [-0.4, -0.2) is 20.7 Å². The average Bonchev–Trinajstić information content (AvgIpc) is 3.45. The minimum absolute atomic E-state index is 0.146. The molecular weight excluding hydrogens is 360 g/mol. The van der Waals surface area contributed by atoms with Gasteiger partial charge in [-0.15, -0.1) is 5.10 Å². The molecule has 3 aromatic rings. The van der Waals surface area contributed by atoms with Gasteiger partial charge in [0.2, 0.25) is 5.91 Å². The number of H-pyrrole nitrogens is 1. The smallest absolute Gasteiger partial charge is 0.325 e. The van der Waals surface area contributed by atoms with Crippen molar-refractivity contribution < 1.29 is 4.79 Å². The van der Waals surface area contributed by atoms with Crippen LogP contribution in [0, 0.1) is 6.92 Å². The Kier molecular flexibility index (Phi) is 4.85. The van der Waals surface area contributed by atoms with Gasteiger partial charge in [0.1, 0.15) is 5.25 Å². The number of thioether (sulfide) groups is 1. The maximum absolute atomic E-state index is 13.0. The van der Waals surface area contributed by atoms with Crippen LogP contribution in [0.3, 0.4) is 0 Å². The fourth-order valence-corrected chi connectivity index (χ4v) is 3.99. The third-order valence-corrected chi connectivity index (χ3v) is 5.69. The highest BCUT2D eigenvalue weighted by molar-refractivity contribution is 8.00. The van der Waals surface area contributed by atoms with E-state index >= 15 is 0 Å². The van der Waals surface area contributed by atoms with Crippen LogP contribution < -0.4 is 11.0 Å². The third kappa shape index (κ3) is 3.98. The van der Waals surface area contributed by atoms with Crippen molar-refractivity contribution in [2.24, 2.45) is 0 Å². The average molecular weight is 380 g/mol. The van der Waals surface area contributed by atoms with E-state index in [1.54, 1.807) is 4.57 Å². The number of nitrogens with one attached hydrogen (secondary N) is 2. The van der Waals surface area contributed by atoms with Crippen LogP contribution >= 0.6 is 11.8 Å². The molecule has 27 heavy (non-hydrogen) atoms. The van der Waals surface area contributed by atoms with Gasteiger partial charge in [-0.2, -0.15) is 0 Å². The van der Waals surface area contributed by atoms with Gasteiger partial charge in [0, 0.05) is 11.7 Å². The third-order valence-electron chi connectivity index (χ3n) is 4.47. The summed E-state index contributed by atoms with van der Waals surface area (Å²) in [6.07, 6.45) is 1.94. The highest BCUT2D eigenvalue weighted by Crippen LogP contribution is 2.40. The van der Waals surface area contributed by atoms with Gasteiger partial charge in [0.05, 0.1) is 0 Å². The molecule has 1 saturated carbocycles. The number of carbonyl (C=O) groups excluding carboxylic acids is 1. The van der Waals surface area contributed by atoms with Gasteiger partial charge in [-0.25, -0.2) is 9.89 Å². The summed E-state index contributed by atoms with van der Waals surface area (Å²) in [6, 6.07) is 17.4. The largest absolute Gasteiger partial charge is 0.344 e. The van der Waals surface area contributed by atoms with Crippen molar-refractivity contribution in [2.45, 2.75) is 36.2 Å². The van der Waals surface area contributed by atoms with Crippen molar-refractivity contribution in [3.05, 3.63) is 76.2 Å². The lowest BCUT2D eigenvalue weighted by Crippen LogP contribution is -2.21. The van der Waals surface area contributed by atoms with Crippen molar-refractivity contribution in [2.75, 3.05) is 5.32 Å². The molecule has 0 radical (unpaired) electrons. The van der Waals surface area contributed by atoms with Crippen LogP contribution in [0.15, 0.2) is 64.5 Å². The maximum atomic E-state index is 13.0. The zero-order valence-electron chi connectivity index (χ0n) is 14.9. The molecule has 4 rings (SSSR count). The lowest BCUT2D eigenvalue weighted by molar-refractivity contribution is -0.115. The van der Waals surface area contributed by atoms with E-state index in [1.807, 2.05) is 61.5 Å². The molecule has 0 aliphatic heterocycles. The number of hydrogen-bond acceptors (Lipinski definition) is 4. The van der Waals surface area contributed by atoms with Gasteiger partial charge >= 0.3 is 5.69 Å². The number of carbonyl (C=O) groups is 1. The standard InChI is InChI=1S/C20H20N4O2S/c1-13-7-9-15(10-8-13)21-18(25)17(14-5-3-2-4-6-14)27-20-23-22-19(26)24(20)16-11-12-16/h2-10,16-17H,11-12H2,1H3,(H,21,25)(H,22,26)/t17-/m1/s1. The highest BCUT2D eigenvalue weighted by atomic mass is 32.2. The van der Waals surface area contributed by atoms with Crippen LogP contribution in [-0.2, 0) is 4.79 Å². The highest BCUT2D eigenvalue weighted by Gasteiger charge is 2.31. The minimum Gasteiger partial charge on any atom is -0.325 e. The second kappa shape index (κ2) is 7.44. The lowest BCUT2D eigenvalue weighted by Gasteiger charge is -2.17. The van der Waals surface area contributed by atoms with Crippen LogP contribution in [0.4, 0.5) is 5.69 Å². The molecule has 1 fully saturated rings. The molecular formula is C20H20N4O2S. The van der Waals surface area contributed by atoms with E-state index in [2.05, 4.69) is 15.5 Å². The van der Waals surface area contributed by atoms with E-state index in [4.69, 9.17) is 0 Å². The number of anilines is 1. The Labute approximate surface area is 161 Å².